The average Bonchev–Trinajstić information content (AvgIpc) is 2.42. The van der Waals surface area contributed by atoms with E-state index in [1.807, 2.05) is 4.83 Å². The summed E-state index contributed by atoms with van der Waals surface area (Å²) in [5, 5.41) is 4.06. The number of halogens is 3. The van der Waals surface area contributed by atoms with Crippen LogP contribution in [0.1, 0.15) is 5.56 Å². The molecule has 2 aromatic carbocycles. The highest BCUT2D eigenvalue weighted by Gasteiger charge is 2.12. The minimum absolute atomic E-state index is 0.00188. The summed E-state index contributed by atoms with van der Waals surface area (Å²) in [5.41, 5.74) is -0.00188. The summed E-state index contributed by atoms with van der Waals surface area (Å²) < 4.78 is 37.3. The standard InChI is InChI=1S/C13H9Cl2FN2O2S/c14-9-4-6-10(7-5-9)21(19,20)18-17-8-11-12(15)2-1-3-13(11)16/h1-8,18H/b17-8+. The van der Waals surface area contributed by atoms with Gasteiger partial charge in [-0.15, -0.1) is 0 Å². The van der Waals surface area contributed by atoms with Crippen molar-refractivity contribution >= 4 is 39.4 Å². The molecule has 2 rings (SSSR count). The van der Waals surface area contributed by atoms with Gasteiger partial charge in [0.2, 0.25) is 0 Å². The molecule has 0 spiro atoms. The fourth-order valence-corrected chi connectivity index (χ4v) is 2.59. The van der Waals surface area contributed by atoms with Gasteiger partial charge in [-0.2, -0.15) is 13.5 Å². The quantitative estimate of drug-likeness (QED) is 0.680. The molecule has 0 saturated carbocycles. The smallest absolute Gasteiger partial charge is 0.206 e. The Balaban J connectivity index is 2.19. The highest BCUT2D eigenvalue weighted by Crippen LogP contribution is 2.17. The van der Waals surface area contributed by atoms with Gasteiger partial charge in [-0.1, -0.05) is 29.3 Å². The number of rotatable bonds is 4. The molecule has 110 valence electrons. The zero-order valence-electron chi connectivity index (χ0n) is 10.4. The molecular formula is C13H9Cl2FN2O2S. The van der Waals surface area contributed by atoms with Crippen molar-refractivity contribution in [2.75, 3.05) is 0 Å². The second kappa shape index (κ2) is 6.43. The third-order valence-corrected chi connectivity index (χ3v) is 4.31. The van der Waals surface area contributed by atoms with Gasteiger partial charge in [0.15, 0.2) is 0 Å². The van der Waals surface area contributed by atoms with Crippen LogP contribution in [-0.2, 0) is 10.0 Å². The number of benzene rings is 2. The van der Waals surface area contributed by atoms with Gasteiger partial charge >= 0.3 is 0 Å². The lowest BCUT2D eigenvalue weighted by Crippen LogP contribution is -2.18. The molecule has 0 atom stereocenters. The maximum absolute atomic E-state index is 13.5. The second-order valence-electron chi connectivity index (χ2n) is 3.94. The Morgan fingerprint density at radius 1 is 1.10 bits per heavy atom. The van der Waals surface area contributed by atoms with E-state index in [1.165, 1.54) is 42.5 Å². The lowest BCUT2D eigenvalue weighted by molar-refractivity contribution is 0.584. The Bertz CT molecular complexity index is 757. The fourth-order valence-electron chi connectivity index (χ4n) is 1.46. The van der Waals surface area contributed by atoms with Gasteiger partial charge in [0.25, 0.3) is 10.0 Å². The largest absolute Gasteiger partial charge is 0.276 e. The van der Waals surface area contributed by atoms with Crippen LogP contribution in [0, 0.1) is 5.82 Å². The third-order valence-electron chi connectivity index (χ3n) is 2.49. The van der Waals surface area contributed by atoms with Gasteiger partial charge in [-0.05, 0) is 36.4 Å². The monoisotopic (exact) mass is 346 g/mol. The SMILES string of the molecule is O=S(=O)(N/N=C/c1c(F)cccc1Cl)c1ccc(Cl)cc1. The number of hydrogen-bond acceptors (Lipinski definition) is 3. The molecule has 0 bridgehead atoms. The van der Waals surface area contributed by atoms with E-state index in [0.717, 1.165) is 6.21 Å². The van der Waals surface area contributed by atoms with E-state index < -0.39 is 15.8 Å². The molecule has 8 heteroatoms. The first kappa shape index (κ1) is 15.8. The Morgan fingerprint density at radius 2 is 1.76 bits per heavy atom. The van der Waals surface area contributed by atoms with E-state index in [4.69, 9.17) is 23.2 Å². The van der Waals surface area contributed by atoms with Crippen molar-refractivity contribution in [1.82, 2.24) is 4.83 Å². The summed E-state index contributed by atoms with van der Waals surface area (Å²) >= 11 is 11.5. The molecule has 0 aromatic heterocycles. The first-order chi connectivity index (χ1) is 9.90. The number of hydrogen-bond donors (Lipinski definition) is 1. The predicted octanol–water partition coefficient (Wildman–Crippen LogP) is 3.44. The van der Waals surface area contributed by atoms with E-state index in [-0.39, 0.29) is 15.5 Å². The van der Waals surface area contributed by atoms with E-state index in [9.17, 15) is 12.8 Å². The summed E-state index contributed by atoms with van der Waals surface area (Å²) in [5.74, 6) is -0.600. The van der Waals surface area contributed by atoms with Crippen molar-refractivity contribution in [3.05, 3.63) is 63.9 Å². The lowest BCUT2D eigenvalue weighted by atomic mass is 10.2. The Morgan fingerprint density at radius 3 is 2.38 bits per heavy atom. The van der Waals surface area contributed by atoms with Crippen molar-refractivity contribution in [3.63, 3.8) is 0 Å². The molecule has 0 aliphatic carbocycles. The van der Waals surface area contributed by atoms with Gasteiger partial charge < -0.3 is 0 Å². The number of sulfonamides is 1. The van der Waals surface area contributed by atoms with E-state index in [1.54, 1.807) is 0 Å². The van der Waals surface area contributed by atoms with Gasteiger partial charge in [0.1, 0.15) is 5.82 Å². The molecule has 0 heterocycles. The minimum atomic E-state index is -3.84. The number of nitrogens with zero attached hydrogens (tertiary/aromatic N) is 1. The molecule has 1 N–H and O–H groups in total. The molecule has 0 aliphatic rings. The van der Waals surface area contributed by atoms with Crippen LogP contribution in [-0.4, -0.2) is 14.6 Å². The first-order valence-electron chi connectivity index (χ1n) is 5.64. The van der Waals surface area contributed by atoms with E-state index in [0.29, 0.717) is 5.02 Å². The summed E-state index contributed by atoms with van der Waals surface area (Å²) in [6.07, 6.45) is 1.01. The van der Waals surface area contributed by atoms with Crippen molar-refractivity contribution < 1.29 is 12.8 Å². The molecule has 0 saturated heterocycles. The molecule has 0 unspecified atom stereocenters. The van der Waals surface area contributed by atoms with Crippen LogP contribution in [0.5, 0.6) is 0 Å². The maximum Gasteiger partial charge on any atom is 0.276 e. The Kier molecular flexibility index (Phi) is 4.82. The summed E-state index contributed by atoms with van der Waals surface area (Å²) in [6, 6.07) is 9.64. The highest BCUT2D eigenvalue weighted by atomic mass is 35.5. The predicted molar refractivity (Wildman–Crippen MR) is 80.8 cm³/mol. The van der Waals surface area contributed by atoms with Crippen molar-refractivity contribution in [2.45, 2.75) is 4.90 Å². The van der Waals surface area contributed by atoms with Crippen molar-refractivity contribution in [3.8, 4) is 0 Å². The summed E-state index contributed by atoms with van der Waals surface area (Å²) in [6.45, 7) is 0. The van der Waals surface area contributed by atoms with Crippen LogP contribution in [0.25, 0.3) is 0 Å². The molecule has 0 aliphatic heterocycles. The zero-order valence-corrected chi connectivity index (χ0v) is 12.8. The number of hydrazone groups is 1. The lowest BCUT2D eigenvalue weighted by Gasteiger charge is -2.03. The van der Waals surface area contributed by atoms with E-state index in [2.05, 4.69) is 5.10 Å². The molecule has 0 fully saturated rings. The number of nitrogens with one attached hydrogen (secondary N) is 1. The third kappa shape index (κ3) is 3.93. The molecule has 4 nitrogen and oxygen atoms in total. The van der Waals surface area contributed by atoms with Crippen LogP contribution in [0.15, 0.2) is 52.5 Å². The van der Waals surface area contributed by atoms with Gasteiger partial charge in [0.05, 0.1) is 16.1 Å². The highest BCUT2D eigenvalue weighted by molar-refractivity contribution is 7.89. The second-order valence-corrected chi connectivity index (χ2v) is 6.45. The van der Waals surface area contributed by atoms with Crippen molar-refractivity contribution in [2.24, 2.45) is 5.10 Å². The molecular weight excluding hydrogens is 338 g/mol. The summed E-state index contributed by atoms with van der Waals surface area (Å²) in [4.78, 5) is 1.96. The van der Waals surface area contributed by atoms with Crippen LogP contribution >= 0.6 is 23.2 Å². The fraction of sp³-hybridized carbons (Fsp3) is 0. The van der Waals surface area contributed by atoms with Gasteiger partial charge in [0, 0.05) is 10.6 Å². The normalized spacial score (nSPS) is 11.8. The summed E-state index contributed by atoms with van der Waals surface area (Å²) in [7, 11) is -3.84. The first-order valence-corrected chi connectivity index (χ1v) is 7.88. The molecule has 21 heavy (non-hydrogen) atoms. The maximum atomic E-state index is 13.5. The van der Waals surface area contributed by atoms with Gasteiger partial charge in [-0.3, -0.25) is 0 Å². The molecule has 0 amide bonds. The van der Waals surface area contributed by atoms with Crippen molar-refractivity contribution in [1.29, 1.82) is 0 Å². The Hall–Kier alpha value is -1.63. The van der Waals surface area contributed by atoms with Crippen LogP contribution < -0.4 is 4.83 Å². The molecule has 0 radical (unpaired) electrons. The Labute approximate surface area is 131 Å². The van der Waals surface area contributed by atoms with Crippen LogP contribution in [0.2, 0.25) is 10.0 Å². The van der Waals surface area contributed by atoms with E-state index >= 15 is 0 Å². The van der Waals surface area contributed by atoms with Crippen LogP contribution in [0.4, 0.5) is 4.39 Å². The van der Waals surface area contributed by atoms with Crippen LogP contribution in [0.3, 0.4) is 0 Å². The zero-order chi connectivity index (χ0) is 15.5. The molecule has 2 aromatic rings. The topological polar surface area (TPSA) is 58.5 Å². The average molecular weight is 347 g/mol. The van der Waals surface area contributed by atoms with Gasteiger partial charge in [-0.25, -0.2) is 9.22 Å². The minimum Gasteiger partial charge on any atom is -0.206 e.